The molecule has 0 amide bonds. The van der Waals surface area contributed by atoms with Crippen LogP contribution in [-0.4, -0.2) is 15.3 Å². The number of carboxylic acid groups (broad SMARTS) is 1. The van der Waals surface area contributed by atoms with E-state index in [1.54, 1.807) is 13.8 Å². The summed E-state index contributed by atoms with van der Waals surface area (Å²) in [7, 11) is 0. The van der Waals surface area contributed by atoms with E-state index in [1.165, 1.54) is 15.8 Å². The number of aliphatic carboxylic acids is 1. The summed E-state index contributed by atoms with van der Waals surface area (Å²) < 4.78 is 2.26. The van der Waals surface area contributed by atoms with E-state index in [4.69, 9.17) is 11.6 Å². The van der Waals surface area contributed by atoms with Gasteiger partial charge in [-0.15, -0.1) is 11.8 Å². The van der Waals surface area contributed by atoms with Crippen molar-refractivity contribution in [3.63, 3.8) is 0 Å². The second-order valence-corrected chi connectivity index (χ2v) is 12.8. The highest BCUT2D eigenvalue weighted by molar-refractivity contribution is 8.00. The second-order valence-electron chi connectivity index (χ2n) is 10.5. The molecule has 0 saturated heterocycles. The van der Waals surface area contributed by atoms with Gasteiger partial charge in [0.25, 0.3) is 0 Å². The summed E-state index contributed by atoms with van der Waals surface area (Å²) in [5.74, 6) is -0.620. The van der Waals surface area contributed by atoms with Crippen molar-refractivity contribution in [2.45, 2.75) is 77.0 Å². The second kappa shape index (κ2) is 9.15. The Labute approximate surface area is 201 Å². The topological polar surface area (TPSA) is 45.1 Å². The van der Waals surface area contributed by atoms with Gasteiger partial charge in [-0.25, -0.2) is 0 Å². The quantitative estimate of drug-likeness (QED) is 0.362. The maximum absolute atomic E-state index is 11.9. The van der Waals surface area contributed by atoms with Crippen LogP contribution in [0.25, 0.3) is 10.9 Å². The molecule has 3 nitrogen and oxygen atoms in total. The van der Waals surface area contributed by atoms with Gasteiger partial charge in [-0.05, 0) is 47.7 Å². The Balaban J connectivity index is 2.30. The van der Waals surface area contributed by atoms with E-state index in [0.717, 1.165) is 16.8 Å². The molecule has 172 valence electrons. The Morgan fingerprint density at radius 1 is 1.06 bits per heavy atom. The first kappa shape index (κ1) is 24.7. The van der Waals surface area contributed by atoms with Gasteiger partial charge in [-0.2, -0.15) is 0 Å². The minimum absolute atomic E-state index is 0.0203. The van der Waals surface area contributed by atoms with E-state index in [-0.39, 0.29) is 4.75 Å². The molecule has 1 aromatic heterocycles. The number of thioether (sulfide) groups is 1. The first-order chi connectivity index (χ1) is 14.8. The van der Waals surface area contributed by atoms with Crippen LogP contribution in [0.2, 0.25) is 5.02 Å². The van der Waals surface area contributed by atoms with Gasteiger partial charge in [-0.1, -0.05) is 78.3 Å². The number of benzene rings is 2. The van der Waals surface area contributed by atoms with Crippen molar-refractivity contribution < 1.29 is 9.90 Å². The Hall–Kier alpha value is -1.91. The average Bonchev–Trinajstić information content (AvgIpc) is 2.94. The molecular formula is C27H33ClNO2S-. The molecule has 0 aliphatic rings. The zero-order valence-electron chi connectivity index (χ0n) is 20.1. The van der Waals surface area contributed by atoms with Gasteiger partial charge in [0.1, 0.15) is 0 Å². The van der Waals surface area contributed by atoms with Crippen LogP contribution < -0.4 is 5.11 Å². The maximum atomic E-state index is 11.9. The van der Waals surface area contributed by atoms with E-state index in [9.17, 15) is 9.90 Å². The Morgan fingerprint density at radius 3 is 2.22 bits per heavy atom. The first-order valence-corrected chi connectivity index (χ1v) is 12.3. The van der Waals surface area contributed by atoms with Gasteiger partial charge in [-0.3, -0.25) is 0 Å². The number of hydrogen-bond acceptors (Lipinski definition) is 3. The number of carbonyl (C=O) groups is 1. The SMILES string of the molecule is CC(C)c1ccc2c(c1)c(SC(C)(C)C)c(CC(C)(C)C(=O)[O-])n2Cc1ccc(Cl)cc1. The predicted molar refractivity (Wildman–Crippen MR) is 135 cm³/mol. The smallest absolute Gasteiger partial charge is 0.0497 e. The largest absolute Gasteiger partial charge is 0.550 e. The summed E-state index contributed by atoms with van der Waals surface area (Å²) in [6.45, 7) is 15.1. The summed E-state index contributed by atoms with van der Waals surface area (Å²) in [5.41, 5.74) is 3.59. The van der Waals surface area contributed by atoms with Crippen molar-refractivity contribution in [1.82, 2.24) is 4.57 Å². The van der Waals surface area contributed by atoms with Gasteiger partial charge in [0, 0.05) is 49.2 Å². The molecule has 0 aliphatic heterocycles. The lowest BCUT2D eigenvalue weighted by atomic mass is 9.88. The van der Waals surface area contributed by atoms with Crippen LogP contribution in [0.15, 0.2) is 47.4 Å². The maximum Gasteiger partial charge on any atom is 0.0497 e. The molecular weight excluding hydrogens is 438 g/mol. The van der Waals surface area contributed by atoms with E-state index in [1.807, 2.05) is 36.0 Å². The fraction of sp³-hybridized carbons (Fsp3) is 0.444. The predicted octanol–water partition coefficient (Wildman–Crippen LogP) is 6.68. The summed E-state index contributed by atoms with van der Waals surface area (Å²) in [5, 5.41) is 13.8. The number of hydrogen-bond donors (Lipinski definition) is 0. The number of halogens is 1. The lowest BCUT2D eigenvalue weighted by molar-refractivity contribution is -0.317. The van der Waals surface area contributed by atoms with Crippen molar-refractivity contribution >= 4 is 40.2 Å². The Kier molecular flexibility index (Phi) is 7.07. The standard InChI is InChI=1S/C27H34ClNO2S/c1-17(2)19-10-13-22-21(14-19)24(32-26(3,4)5)23(15-27(6,7)25(30)31)29(22)16-18-8-11-20(28)12-9-18/h8-14,17H,15-16H2,1-7H3,(H,30,31)/p-1. The minimum atomic E-state index is -1.03. The van der Waals surface area contributed by atoms with Crippen LogP contribution in [0, 0.1) is 5.41 Å². The molecule has 5 heteroatoms. The molecule has 32 heavy (non-hydrogen) atoms. The van der Waals surface area contributed by atoms with Crippen LogP contribution >= 0.6 is 23.4 Å². The normalized spacial score (nSPS) is 12.7. The van der Waals surface area contributed by atoms with Crippen molar-refractivity contribution in [3.05, 3.63) is 64.3 Å². The third-order valence-corrected chi connectivity index (χ3v) is 7.16. The van der Waals surface area contributed by atoms with Gasteiger partial charge in [0.05, 0.1) is 0 Å². The van der Waals surface area contributed by atoms with E-state index in [2.05, 4.69) is 57.4 Å². The van der Waals surface area contributed by atoms with Crippen LogP contribution in [0.1, 0.15) is 71.2 Å². The van der Waals surface area contributed by atoms with Crippen LogP contribution in [0.5, 0.6) is 0 Å². The molecule has 0 N–H and O–H groups in total. The zero-order chi connectivity index (χ0) is 23.8. The fourth-order valence-electron chi connectivity index (χ4n) is 3.79. The van der Waals surface area contributed by atoms with E-state index >= 15 is 0 Å². The number of nitrogens with zero attached hydrogens (tertiary/aromatic N) is 1. The number of fused-ring (bicyclic) bond motifs is 1. The zero-order valence-corrected chi connectivity index (χ0v) is 21.7. The summed E-state index contributed by atoms with van der Waals surface area (Å²) in [4.78, 5) is 13.1. The molecule has 0 radical (unpaired) electrons. The molecule has 2 aromatic carbocycles. The van der Waals surface area contributed by atoms with Gasteiger partial charge in [0.2, 0.25) is 0 Å². The molecule has 0 spiro atoms. The Morgan fingerprint density at radius 2 is 1.69 bits per heavy atom. The summed E-state index contributed by atoms with van der Waals surface area (Å²) >= 11 is 7.91. The first-order valence-electron chi connectivity index (χ1n) is 11.1. The molecule has 0 aliphatic carbocycles. The third kappa shape index (κ3) is 5.52. The fourth-order valence-corrected chi connectivity index (χ4v) is 5.10. The lowest BCUT2D eigenvalue weighted by Crippen LogP contribution is -2.40. The highest BCUT2D eigenvalue weighted by Gasteiger charge is 2.29. The van der Waals surface area contributed by atoms with Crippen molar-refractivity contribution in [1.29, 1.82) is 0 Å². The van der Waals surface area contributed by atoms with Crippen molar-refractivity contribution in [2.24, 2.45) is 5.41 Å². The number of carboxylic acids is 1. The number of rotatable bonds is 7. The third-order valence-electron chi connectivity index (χ3n) is 5.63. The summed E-state index contributed by atoms with van der Waals surface area (Å²) in [6.07, 6.45) is 0.396. The highest BCUT2D eigenvalue weighted by atomic mass is 35.5. The average molecular weight is 471 g/mol. The van der Waals surface area contributed by atoms with E-state index in [0.29, 0.717) is 23.9 Å². The molecule has 3 aromatic rings. The van der Waals surface area contributed by atoms with Gasteiger partial charge < -0.3 is 14.5 Å². The van der Waals surface area contributed by atoms with Crippen LogP contribution in [0.4, 0.5) is 0 Å². The number of aromatic nitrogens is 1. The van der Waals surface area contributed by atoms with E-state index < -0.39 is 11.4 Å². The lowest BCUT2D eigenvalue weighted by Gasteiger charge is -2.28. The molecule has 0 saturated carbocycles. The highest BCUT2D eigenvalue weighted by Crippen LogP contribution is 2.44. The van der Waals surface area contributed by atoms with Crippen LogP contribution in [-0.2, 0) is 17.8 Å². The molecule has 0 fully saturated rings. The number of carbonyl (C=O) groups excluding carboxylic acids is 1. The van der Waals surface area contributed by atoms with Gasteiger partial charge in [0.15, 0.2) is 0 Å². The molecule has 0 bridgehead atoms. The molecule has 0 unspecified atom stereocenters. The van der Waals surface area contributed by atoms with Gasteiger partial charge >= 0.3 is 0 Å². The van der Waals surface area contributed by atoms with Crippen molar-refractivity contribution in [3.8, 4) is 0 Å². The molecule has 0 atom stereocenters. The minimum Gasteiger partial charge on any atom is -0.550 e. The Bertz CT molecular complexity index is 1120. The molecule has 1 heterocycles. The van der Waals surface area contributed by atoms with Crippen molar-refractivity contribution in [2.75, 3.05) is 0 Å². The monoisotopic (exact) mass is 470 g/mol. The summed E-state index contributed by atoms with van der Waals surface area (Å²) in [6, 6.07) is 14.5. The molecule has 3 rings (SSSR count). The van der Waals surface area contributed by atoms with Crippen LogP contribution in [0.3, 0.4) is 0 Å².